The molecule has 0 radical (unpaired) electrons. The molecule has 138 valence electrons. The van der Waals surface area contributed by atoms with Crippen molar-refractivity contribution in [1.82, 2.24) is 4.90 Å². The lowest BCUT2D eigenvalue weighted by atomic mass is 10.1. The Labute approximate surface area is 156 Å². The van der Waals surface area contributed by atoms with Crippen molar-refractivity contribution in [3.8, 4) is 0 Å². The first-order valence-electron chi connectivity index (χ1n) is 9.29. The van der Waals surface area contributed by atoms with Gasteiger partial charge in [0.05, 0.1) is 6.10 Å². The molecule has 1 aliphatic rings. The predicted octanol–water partition coefficient (Wildman–Crippen LogP) is 4.17. The van der Waals surface area contributed by atoms with Crippen molar-refractivity contribution in [3.63, 3.8) is 0 Å². The Morgan fingerprint density at radius 3 is 2.58 bits per heavy atom. The zero-order valence-corrected chi connectivity index (χ0v) is 15.9. The molecule has 4 heteroatoms. The van der Waals surface area contributed by atoms with Crippen LogP contribution in [0.25, 0.3) is 0 Å². The summed E-state index contributed by atoms with van der Waals surface area (Å²) in [5, 5.41) is 2.97. The number of carbonyl (C=O) groups is 1. The van der Waals surface area contributed by atoms with E-state index in [0.717, 1.165) is 37.4 Å². The Hall–Kier alpha value is -2.17. The van der Waals surface area contributed by atoms with Crippen LogP contribution in [0, 0.1) is 13.8 Å². The molecule has 4 nitrogen and oxygen atoms in total. The molecular formula is C22H28N2O2. The van der Waals surface area contributed by atoms with Crippen LogP contribution in [0.2, 0.25) is 0 Å². The zero-order valence-electron chi connectivity index (χ0n) is 15.9. The van der Waals surface area contributed by atoms with E-state index in [-0.39, 0.29) is 5.91 Å². The third kappa shape index (κ3) is 4.93. The van der Waals surface area contributed by atoms with E-state index in [2.05, 4.69) is 29.4 Å². The first-order valence-corrected chi connectivity index (χ1v) is 9.29. The third-order valence-corrected chi connectivity index (χ3v) is 4.97. The Kier molecular flexibility index (Phi) is 6.07. The van der Waals surface area contributed by atoms with E-state index in [4.69, 9.17) is 4.74 Å². The van der Waals surface area contributed by atoms with Crippen LogP contribution in [-0.4, -0.2) is 37.1 Å². The number of hydrogen-bond donors (Lipinski definition) is 1. The van der Waals surface area contributed by atoms with Gasteiger partial charge >= 0.3 is 0 Å². The summed E-state index contributed by atoms with van der Waals surface area (Å²) in [6.07, 6.45) is 2.71. The topological polar surface area (TPSA) is 41.6 Å². The van der Waals surface area contributed by atoms with Crippen molar-refractivity contribution in [3.05, 3.63) is 64.7 Å². The molecule has 0 aromatic heterocycles. The highest BCUT2D eigenvalue weighted by atomic mass is 16.5. The lowest BCUT2D eigenvalue weighted by molar-refractivity contribution is 0.0793. The fourth-order valence-electron chi connectivity index (χ4n) is 3.29. The zero-order chi connectivity index (χ0) is 18.5. The summed E-state index contributed by atoms with van der Waals surface area (Å²) in [4.78, 5) is 14.7. The second-order valence-electron chi connectivity index (χ2n) is 7.28. The first kappa shape index (κ1) is 18.6. The number of anilines is 1. The molecule has 0 saturated carbocycles. The fourth-order valence-corrected chi connectivity index (χ4v) is 3.29. The van der Waals surface area contributed by atoms with Gasteiger partial charge < -0.3 is 10.1 Å². The highest BCUT2D eigenvalue weighted by molar-refractivity contribution is 6.04. The summed E-state index contributed by atoms with van der Waals surface area (Å²) < 4.78 is 5.69. The second-order valence-corrected chi connectivity index (χ2v) is 7.28. The van der Waals surface area contributed by atoms with E-state index in [9.17, 15) is 4.79 Å². The molecule has 1 heterocycles. The van der Waals surface area contributed by atoms with E-state index in [1.807, 2.05) is 44.2 Å². The average molecular weight is 352 g/mol. The molecule has 1 N–H and O–H groups in total. The SMILES string of the molecule is Cc1ccc(C(=O)Nc2ccc(CN(C)CC3CCCO3)cc2)cc1C. The number of nitrogens with one attached hydrogen (secondary N) is 1. The van der Waals surface area contributed by atoms with Gasteiger partial charge in [0, 0.05) is 30.9 Å². The van der Waals surface area contributed by atoms with Crippen LogP contribution in [0.1, 0.15) is 39.9 Å². The standard InChI is InChI=1S/C22H28N2O2/c1-16-6-9-19(13-17(16)2)22(25)23-20-10-7-18(8-11-20)14-24(3)15-21-5-4-12-26-21/h6-11,13,21H,4-5,12,14-15H2,1-3H3,(H,23,25). The summed E-state index contributed by atoms with van der Waals surface area (Å²) >= 11 is 0. The minimum Gasteiger partial charge on any atom is -0.377 e. The quantitative estimate of drug-likeness (QED) is 0.848. The smallest absolute Gasteiger partial charge is 0.255 e. The average Bonchev–Trinajstić information content (AvgIpc) is 3.12. The van der Waals surface area contributed by atoms with Gasteiger partial charge in [-0.25, -0.2) is 0 Å². The van der Waals surface area contributed by atoms with Crippen LogP contribution in [0.5, 0.6) is 0 Å². The van der Waals surface area contributed by atoms with E-state index in [1.54, 1.807) is 0 Å². The maximum atomic E-state index is 12.4. The van der Waals surface area contributed by atoms with E-state index >= 15 is 0 Å². The lowest BCUT2D eigenvalue weighted by Gasteiger charge is -2.20. The number of ether oxygens (including phenoxy) is 1. The van der Waals surface area contributed by atoms with Crippen LogP contribution < -0.4 is 5.32 Å². The summed E-state index contributed by atoms with van der Waals surface area (Å²) in [7, 11) is 2.12. The van der Waals surface area contributed by atoms with Gasteiger partial charge in [-0.1, -0.05) is 18.2 Å². The van der Waals surface area contributed by atoms with Gasteiger partial charge in [0.15, 0.2) is 0 Å². The van der Waals surface area contributed by atoms with Crippen molar-refractivity contribution in [1.29, 1.82) is 0 Å². The maximum Gasteiger partial charge on any atom is 0.255 e. The van der Waals surface area contributed by atoms with Crippen LogP contribution in [-0.2, 0) is 11.3 Å². The van der Waals surface area contributed by atoms with Gasteiger partial charge in [-0.3, -0.25) is 9.69 Å². The largest absolute Gasteiger partial charge is 0.377 e. The molecule has 1 saturated heterocycles. The van der Waals surface area contributed by atoms with E-state index in [1.165, 1.54) is 17.5 Å². The number of rotatable bonds is 6. The minimum absolute atomic E-state index is 0.0728. The summed E-state index contributed by atoms with van der Waals surface area (Å²) in [6, 6.07) is 13.9. The van der Waals surface area contributed by atoms with Gasteiger partial charge in [0.1, 0.15) is 0 Å². The van der Waals surface area contributed by atoms with E-state index in [0.29, 0.717) is 11.7 Å². The summed E-state index contributed by atoms with van der Waals surface area (Å²) in [5.41, 5.74) is 5.06. The van der Waals surface area contributed by atoms with Gasteiger partial charge in [0.25, 0.3) is 5.91 Å². The minimum atomic E-state index is -0.0728. The van der Waals surface area contributed by atoms with Crippen LogP contribution in [0.3, 0.4) is 0 Å². The molecule has 1 amide bonds. The van der Waals surface area contributed by atoms with Gasteiger partial charge in [-0.05, 0) is 74.7 Å². The number of amides is 1. The van der Waals surface area contributed by atoms with Crippen molar-refractivity contribution >= 4 is 11.6 Å². The van der Waals surface area contributed by atoms with Crippen LogP contribution in [0.4, 0.5) is 5.69 Å². The van der Waals surface area contributed by atoms with Crippen molar-refractivity contribution in [2.75, 3.05) is 25.5 Å². The lowest BCUT2D eigenvalue weighted by Crippen LogP contribution is -2.28. The predicted molar refractivity (Wildman–Crippen MR) is 106 cm³/mol. The molecule has 1 unspecified atom stereocenters. The van der Waals surface area contributed by atoms with Crippen molar-refractivity contribution < 1.29 is 9.53 Å². The van der Waals surface area contributed by atoms with Crippen molar-refractivity contribution in [2.45, 2.75) is 39.3 Å². The number of carbonyl (C=O) groups excluding carboxylic acids is 1. The summed E-state index contributed by atoms with van der Waals surface area (Å²) in [6.45, 7) is 6.81. The maximum absolute atomic E-state index is 12.4. The highest BCUT2D eigenvalue weighted by Crippen LogP contribution is 2.16. The number of likely N-dealkylation sites (N-methyl/N-ethyl adjacent to an activating group) is 1. The second kappa shape index (κ2) is 8.47. The van der Waals surface area contributed by atoms with Crippen LogP contribution in [0.15, 0.2) is 42.5 Å². The Balaban J connectivity index is 1.55. The molecule has 1 aliphatic heterocycles. The number of aryl methyl sites for hydroxylation is 2. The Morgan fingerprint density at radius 2 is 1.92 bits per heavy atom. The Morgan fingerprint density at radius 1 is 1.15 bits per heavy atom. The number of benzene rings is 2. The summed E-state index contributed by atoms with van der Waals surface area (Å²) in [5.74, 6) is -0.0728. The number of hydrogen-bond acceptors (Lipinski definition) is 3. The van der Waals surface area contributed by atoms with Crippen molar-refractivity contribution in [2.24, 2.45) is 0 Å². The molecule has 26 heavy (non-hydrogen) atoms. The molecule has 1 atom stereocenters. The van der Waals surface area contributed by atoms with Crippen LogP contribution >= 0.6 is 0 Å². The number of nitrogens with zero attached hydrogens (tertiary/aromatic N) is 1. The highest BCUT2D eigenvalue weighted by Gasteiger charge is 2.17. The first-order chi connectivity index (χ1) is 12.5. The molecule has 1 fully saturated rings. The van der Waals surface area contributed by atoms with Gasteiger partial charge in [0.2, 0.25) is 0 Å². The fraction of sp³-hybridized carbons (Fsp3) is 0.409. The normalized spacial score (nSPS) is 16.8. The molecule has 2 aromatic carbocycles. The molecule has 2 aromatic rings. The van der Waals surface area contributed by atoms with Gasteiger partial charge in [-0.15, -0.1) is 0 Å². The van der Waals surface area contributed by atoms with Gasteiger partial charge in [-0.2, -0.15) is 0 Å². The van der Waals surface area contributed by atoms with E-state index < -0.39 is 0 Å². The Bertz CT molecular complexity index is 749. The third-order valence-electron chi connectivity index (χ3n) is 4.97. The monoisotopic (exact) mass is 352 g/mol. The molecule has 3 rings (SSSR count). The molecular weight excluding hydrogens is 324 g/mol. The molecule has 0 aliphatic carbocycles. The molecule has 0 spiro atoms. The molecule has 0 bridgehead atoms.